The summed E-state index contributed by atoms with van der Waals surface area (Å²) >= 11 is 0. The van der Waals surface area contributed by atoms with Crippen LogP contribution in [0.25, 0.3) is 0 Å². The Morgan fingerprint density at radius 2 is 1.82 bits per heavy atom. The van der Waals surface area contributed by atoms with E-state index in [0.29, 0.717) is 32.2 Å². The zero-order chi connectivity index (χ0) is 27.8. The van der Waals surface area contributed by atoms with E-state index in [-0.39, 0.29) is 37.5 Å². The summed E-state index contributed by atoms with van der Waals surface area (Å²) in [6.45, 7) is 0.489. The maximum atomic E-state index is 14.9. The van der Waals surface area contributed by atoms with E-state index in [1.807, 2.05) is 6.07 Å². The lowest BCUT2D eigenvalue weighted by Gasteiger charge is -2.54. The molecule has 38 heavy (non-hydrogen) atoms. The number of nitrogens with zero attached hydrogens (tertiary/aromatic N) is 2. The van der Waals surface area contributed by atoms with E-state index in [9.17, 15) is 46.4 Å². The maximum absolute atomic E-state index is 14.9. The normalized spacial score (nSPS) is 30.0. The molecular weight excluding hydrogens is 517 g/mol. The molecule has 5 rings (SSSR count). The average Bonchev–Trinajstić information content (AvgIpc) is 3.66. The Kier molecular flexibility index (Phi) is 7.86. The summed E-state index contributed by atoms with van der Waals surface area (Å²) in [5.41, 5.74) is 0. The third kappa shape index (κ3) is 6.02. The minimum absolute atomic E-state index is 0.0504. The van der Waals surface area contributed by atoms with Crippen molar-refractivity contribution in [3.05, 3.63) is 0 Å². The first-order valence-electron chi connectivity index (χ1n) is 12.9. The number of hydrogen-bond donors (Lipinski definition) is 3. The molecule has 0 aromatic carbocycles. The molecule has 0 unspecified atom stereocenters. The summed E-state index contributed by atoms with van der Waals surface area (Å²) in [6, 6.07) is -3.81. The van der Waals surface area contributed by atoms with E-state index >= 15 is 0 Å². The second-order valence-corrected chi connectivity index (χ2v) is 10.8. The number of fused-ring (bicyclic) bond motifs is 3. The SMILES string of the molecule is N#C[C@@H](C[C@@H]1CCCNC1=O)NC(=O)[C@H]1[C@@H]2CC[C@@H](CC2(F)F)N1C(=O)[C@H](CC1CC1)NC(=O)C(F)(F)F. The quantitative estimate of drug-likeness (QED) is 0.399. The van der Waals surface area contributed by atoms with Crippen LogP contribution in [0.3, 0.4) is 0 Å². The van der Waals surface area contributed by atoms with Crippen molar-refractivity contribution < 1.29 is 41.1 Å². The maximum Gasteiger partial charge on any atom is 0.471 e. The third-order valence-electron chi connectivity index (χ3n) is 7.98. The van der Waals surface area contributed by atoms with Crippen molar-refractivity contribution in [1.29, 1.82) is 5.26 Å². The number of piperidine rings is 3. The van der Waals surface area contributed by atoms with Crippen LogP contribution in [0.5, 0.6) is 0 Å². The van der Waals surface area contributed by atoms with Crippen molar-refractivity contribution in [3.8, 4) is 6.07 Å². The number of carbonyl (C=O) groups is 4. The number of nitriles is 1. The number of rotatable bonds is 8. The van der Waals surface area contributed by atoms with Gasteiger partial charge in [-0.15, -0.1) is 0 Å². The van der Waals surface area contributed by atoms with Gasteiger partial charge in [0.15, 0.2) is 0 Å². The van der Waals surface area contributed by atoms with Gasteiger partial charge < -0.3 is 20.9 Å². The van der Waals surface area contributed by atoms with Gasteiger partial charge in [-0.05, 0) is 44.4 Å². The molecule has 14 heteroatoms. The highest BCUT2D eigenvalue weighted by Gasteiger charge is 2.61. The van der Waals surface area contributed by atoms with Crippen molar-refractivity contribution in [2.45, 2.75) is 94.1 Å². The molecular formula is C24H30F5N5O4. The molecule has 5 aliphatic rings. The van der Waals surface area contributed by atoms with Crippen LogP contribution in [0.2, 0.25) is 0 Å². The van der Waals surface area contributed by atoms with E-state index in [1.165, 1.54) is 0 Å². The predicted octanol–water partition coefficient (Wildman–Crippen LogP) is 1.77. The molecule has 210 valence electrons. The van der Waals surface area contributed by atoms with Crippen LogP contribution in [0.1, 0.15) is 57.8 Å². The van der Waals surface area contributed by atoms with Crippen LogP contribution in [-0.2, 0) is 19.2 Å². The number of amides is 4. The zero-order valence-electron chi connectivity index (χ0n) is 20.5. The van der Waals surface area contributed by atoms with Gasteiger partial charge in [0.25, 0.3) is 5.92 Å². The number of nitrogens with one attached hydrogen (secondary N) is 3. The van der Waals surface area contributed by atoms with Crippen LogP contribution in [0.4, 0.5) is 22.0 Å². The minimum Gasteiger partial charge on any atom is -0.356 e. The molecule has 0 spiro atoms. The molecule has 4 amide bonds. The van der Waals surface area contributed by atoms with E-state index in [1.54, 1.807) is 5.32 Å². The number of carbonyl (C=O) groups excluding carboxylic acids is 4. The van der Waals surface area contributed by atoms with Crippen LogP contribution in [0, 0.1) is 29.1 Å². The largest absolute Gasteiger partial charge is 0.471 e. The monoisotopic (exact) mass is 547 g/mol. The Morgan fingerprint density at radius 3 is 2.39 bits per heavy atom. The molecule has 3 saturated heterocycles. The van der Waals surface area contributed by atoms with Crippen molar-refractivity contribution >= 4 is 23.6 Å². The Bertz CT molecular complexity index is 1010. The van der Waals surface area contributed by atoms with Gasteiger partial charge in [-0.2, -0.15) is 18.4 Å². The molecule has 0 aromatic heterocycles. The number of alkyl halides is 5. The standard InChI is InChI=1S/C24H30F5N5O4/c25-23(26)10-15-5-6-16(23)18(20(36)32-14(11-30)9-13-2-1-7-31-19(13)35)34(15)21(37)17(8-12-3-4-12)33-22(38)24(27,28)29/h12-18H,1-10H2,(H,31,35)(H,32,36)(H,33,38)/t13-,14+,15-,16-,17-,18+/m0/s1. The second-order valence-electron chi connectivity index (χ2n) is 10.8. The minimum atomic E-state index is -5.25. The van der Waals surface area contributed by atoms with Gasteiger partial charge in [-0.25, -0.2) is 8.78 Å². The Hall–Kier alpha value is -2.98. The Labute approximate surface area is 215 Å². The van der Waals surface area contributed by atoms with Crippen molar-refractivity contribution in [1.82, 2.24) is 20.9 Å². The number of halogens is 5. The van der Waals surface area contributed by atoms with E-state index in [0.717, 1.165) is 4.90 Å². The highest BCUT2D eigenvalue weighted by atomic mass is 19.4. The molecule has 2 saturated carbocycles. The van der Waals surface area contributed by atoms with Gasteiger partial charge in [-0.1, -0.05) is 12.8 Å². The van der Waals surface area contributed by atoms with Gasteiger partial charge in [0, 0.05) is 24.9 Å². The lowest BCUT2D eigenvalue weighted by atomic mass is 9.71. The molecule has 3 aliphatic heterocycles. The summed E-state index contributed by atoms with van der Waals surface area (Å²) in [6.07, 6.45) is -3.65. The predicted molar refractivity (Wildman–Crippen MR) is 120 cm³/mol. The summed E-state index contributed by atoms with van der Waals surface area (Å²) in [5, 5.41) is 16.4. The van der Waals surface area contributed by atoms with Gasteiger partial charge in [0.1, 0.15) is 18.1 Å². The fraction of sp³-hybridized carbons (Fsp3) is 0.792. The van der Waals surface area contributed by atoms with Gasteiger partial charge in [0.05, 0.1) is 12.0 Å². The van der Waals surface area contributed by atoms with E-state index in [4.69, 9.17) is 0 Å². The lowest BCUT2D eigenvalue weighted by Crippen LogP contribution is -2.71. The number of hydrogen-bond acceptors (Lipinski definition) is 5. The van der Waals surface area contributed by atoms with E-state index < -0.39 is 72.2 Å². The average molecular weight is 548 g/mol. The zero-order valence-corrected chi connectivity index (χ0v) is 20.5. The molecule has 3 heterocycles. The fourth-order valence-corrected chi connectivity index (χ4v) is 5.90. The second kappa shape index (κ2) is 10.6. The van der Waals surface area contributed by atoms with Gasteiger partial charge in [-0.3, -0.25) is 19.2 Å². The van der Waals surface area contributed by atoms with Crippen LogP contribution in [0.15, 0.2) is 0 Å². The van der Waals surface area contributed by atoms with Crippen LogP contribution < -0.4 is 16.0 Å². The molecule has 2 aliphatic carbocycles. The molecule has 2 bridgehead atoms. The lowest BCUT2D eigenvalue weighted by molar-refractivity contribution is -0.196. The first-order valence-corrected chi connectivity index (χ1v) is 12.9. The topological polar surface area (TPSA) is 131 Å². The van der Waals surface area contributed by atoms with Crippen LogP contribution in [-0.4, -0.2) is 71.3 Å². The highest BCUT2D eigenvalue weighted by Crippen LogP contribution is 2.49. The first kappa shape index (κ1) is 28.0. The molecule has 0 aromatic rings. The van der Waals surface area contributed by atoms with Crippen molar-refractivity contribution in [3.63, 3.8) is 0 Å². The highest BCUT2D eigenvalue weighted by molar-refractivity contribution is 5.94. The summed E-state index contributed by atoms with van der Waals surface area (Å²) in [7, 11) is 0. The first-order chi connectivity index (χ1) is 17.8. The molecule has 6 atom stereocenters. The Morgan fingerprint density at radius 1 is 1.11 bits per heavy atom. The molecule has 5 fully saturated rings. The molecule has 3 N–H and O–H groups in total. The van der Waals surface area contributed by atoms with Gasteiger partial charge in [0.2, 0.25) is 17.7 Å². The molecule has 0 radical (unpaired) electrons. The smallest absolute Gasteiger partial charge is 0.356 e. The fourth-order valence-electron chi connectivity index (χ4n) is 5.90. The van der Waals surface area contributed by atoms with Gasteiger partial charge >= 0.3 is 12.1 Å². The summed E-state index contributed by atoms with van der Waals surface area (Å²) in [5.74, 6) is -10.2. The third-order valence-corrected chi connectivity index (χ3v) is 7.98. The summed E-state index contributed by atoms with van der Waals surface area (Å²) in [4.78, 5) is 51.6. The van der Waals surface area contributed by atoms with E-state index in [2.05, 4.69) is 10.6 Å². The van der Waals surface area contributed by atoms with Crippen molar-refractivity contribution in [2.24, 2.45) is 17.8 Å². The van der Waals surface area contributed by atoms with Crippen molar-refractivity contribution in [2.75, 3.05) is 6.54 Å². The Balaban J connectivity index is 1.56. The van der Waals surface area contributed by atoms with Crippen LogP contribution >= 0.6 is 0 Å². The molecule has 9 nitrogen and oxygen atoms in total. The summed E-state index contributed by atoms with van der Waals surface area (Å²) < 4.78 is 68.8.